The van der Waals surface area contributed by atoms with Crippen LogP contribution in [0.2, 0.25) is 0 Å². The summed E-state index contributed by atoms with van der Waals surface area (Å²) in [5, 5.41) is 10.2. The summed E-state index contributed by atoms with van der Waals surface area (Å²) in [6, 6.07) is 12.0. The normalized spacial score (nSPS) is 12.0. The van der Waals surface area contributed by atoms with Crippen LogP contribution in [0.1, 0.15) is 48.0 Å². The summed E-state index contributed by atoms with van der Waals surface area (Å²) >= 11 is 0. The number of hydrogen-bond donors (Lipinski definition) is 2. The van der Waals surface area contributed by atoms with E-state index in [1.807, 2.05) is 19.1 Å². The Morgan fingerprint density at radius 3 is 2.41 bits per heavy atom. The number of benzene rings is 2. The van der Waals surface area contributed by atoms with Crippen LogP contribution in [0.4, 0.5) is 18.9 Å². The van der Waals surface area contributed by atoms with Crippen LogP contribution in [0, 0.1) is 12.3 Å². The molecule has 0 atom stereocenters. The highest BCUT2D eigenvalue weighted by atomic mass is 19.4. The molecule has 2 amide bonds. The lowest BCUT2D eigenvalue weighted by Gasteiger charge is -2.19. The van der Waals surface area contributed by atoms with E-state index < -0.39 is 28.6 Å². The van der Waals surface area contributed by atoms with E-state index in [4.69, 9.17) is 0 Å². The van der Waals surface area contributed by atoms with Gasteiger partial charge in [0.05, 0.1) is 40.4 Å². The first kappa shape index (κ1) is 25.9. The summed E-state index contributed by atoms with van der Waals surface area (Å²) in [4.78, 5) is 29.6. The van der Waals surface area contributed by atoms with E-state index in [0.717, 1.165) is 17.8 Å². The monoisotopic (exact) mass is 509 g/mol. The van der Waals surface area contributed by atoms with Gasteiger partial charge in [-0.1, -0.05) is 32.9 Å². The maximum Gasteiger partial charge on any atom is 0.417 e. The fourth-order valence-corrected chi connectivity index (χ4v) is 3.72. The van der Waals surface area contributed by atoms with Gasteiger partial charge in [0.2, 0.25) is 5.91 Å². The molecule has 0 unspecified atom stereocenters. The van der Waals surface area contributed by atoms with E-state index in [1.165, 1.54) is 12.3 Å². The molecule has 0 aliphatic heterocycles. The second-order valence-corrected chi connectivity index (χ2v) is 9.72. The number of nitrogens with zero attached hydrogens (tertiary/aromatic N) is 3. The lowest BCUT2D eigenvalue weighted by Crippen LogP contribution is -2.34. The van der Waals surface area contributed by atoms with Crippen molar-refractivity contribution in [1.29, 1.82) is 0 Å². The maximum atomic E-state index is 13.8. The van der Waals surface area contributed by atoms with Crippen LogP contribution in [0.5, 0.6) is 0 Å². The van der Waals surface area contributed by atoms with Crippen molar-refractivity contribution in [2.75, 3.05) is 5.32 Å². The summed E-state index contributed by atoms with van der Waals surface area (Å²) in [7, 11) is 0. The quantitative estimate of drug-likeness (QED) is 0.363. The highest BCUT2D eigenvalue weighted by molar-refractivity contribution is 6.09. The molecule has 2 heterocycles. The van der Waals surface area contributed by atoms with Gasteiger partial charge in [0.15, 0.2) is 0 Å². The molecule has 0 radical (unpaired) electrons. The standard InChI is InChI=1S/C27H26F3N5O2/c1-16-8-10-18(14-31-16)35-23-7-5-6-22(20(23)15-33-35)34-24(36)19-12-17(9-11-21(19)27(28,29)30)13-32-25(37)26(2,3)4/h5-12,14-15H,13H2,1-4H3,(H,32,37)(H,34,36). The number of anilines is 1. The Bertz CT molecular complexity index is 1470. The van der Waals surface area contributed by atoms with Gasteiger partial charge in [-0.15, -0.1) is 0 Å². The number of nitrogens with one attached hydrogen (secondary N) is 2. The minimum absolute atomic E-state index is 0.0124. The number of carbonyl (C=O) groups is 2. The second kappa shape index (κ2) is 9.68. The van der Waals surface area contributed by atoms with Crippen LogP contribution in [-0.2, 0) is 17.5 Å². The fourth-order valence-electron chi connectivity index (χ4n) is 3.72. The van der Waals surface area contributed by atoms with Gasteiger partial charge in [-0.05, 0) is 48.9 Å². The minimum atomic E-state index is -4.74. The number of aromatic nitrogens is 3. The molecule has 0 saturated heterocycles. The van der Waals surface area contributed by atoms with Crippen molar-refractivity contribution in [1.82, 2.24) is 20.1 Å². The van der Waals surface area contributed by atoms with E-state index in [0.29, 0.717) is 27.8 Å². The number of amides is 2. The van der Waals surface area contributed by atoms with Crippen molar-refractivity contribution in [2.24, 2.45) is 5.41 Å². The van der Waals surface area contributed by atoms with Crippen LogP contribution in [0.3, 0.4) is 0 Å². The van der Waals surface area contributed by atoms with Gasteiger partial charge in [-0.2, -0.15) is 18.3 Å². The van der Waals surface area contributed by atoms with Crippen LogP contribution < -0.4 is 10.6 Å². The highest BCUT2D eigenvalue weighted by Gasteiger charge is 2.35. The first-order valence-corrected chi connectivity index (χ1v) is 11.5. The maximum absolute atomic E-state index is 13.8. The number of halogens is 3. The summed E-state index contributed by atoms with van der Waals surface area (Å²) in [6.07, 6.45) is -1.55. The Morgan fingerprint density at radius 1 is 1.00 bits per heavy atom. The van der Waals surface area contributed by atoms with Crippen molar-refractivity contribution in [3.8, 4) is 5.69 Å². The van der Waals surface area contributed by atoms with E-state index in [1.54, 1.807) is 49.8 Å². The van der Waals surface area contributed by atoms with Gasteiger partial charge in [0.1, 0.15) is 0 Å². The molecule has 37 heavy (non-hydrogen) atoms. The SMILES string of the molecule is Cc1ccc(-n2ncc3c(NC(=O)c4cc(CNC(=O)C(C)(C)C)ccc4C(F)(F)F)cccc32)cn1. The summed E-state index contributed by atoms with van der Waals surface area (Å²) < 4.78 is 42.9. The predicted molar refractivity (Wildman–Crippen MR) is 134 cm³/mol. The number of aryl methyl sites for hydroxylation is 1. The second-order valence-electron chi connectivity index (χ2n) is 9.72. The Morgan fingerprint density at radius 2 is 1.76 bits per heavy atom. The number of fused-ring (bicyclic) bond motifs is 1. The molecule has 2 N–H and O–H groups in total. The summed E-state index contributed by atoms with van der Waals surface area (Å²) in [5.41, 5.74) is 0.609. The van der Waals surface area contributed by atoms with Crippen LogP contribution in [-0.4, -0.2) is 26.6 Å². The molecule has 0 aliphatic carbocycles. The molecule has 2 aromatic carbocycles. The van der Waals surface area contributed by atoms with E-state index in [-0.39, 0.29) is 12.5 Å². The third-order valence-electron chi connectivity index (χ3n) is 5.77. The molecule has 0 saturated carbocycles. The van der Waals surface area contributed by atoms with Crippen molar-refractivity contribution in [2.45, 2.75) is 40.4 Å². The van der Waals surface area contributed by atoms with Crippen LogP contribution in [0.25, 0.3) is 16.6 Å². The Kier molecular flexibility index (Phi) is 6.77. The predicted octanol–water partition coefficient (Wildman–Crippen LogP) is 5.66. The molecule has 4 rings (SSSR count). The smallest absolute Gasteiger partial charge is 0.352 e. The van der Waals surface area contributed by atoms with Crippen molar-refractivity contribution >= 4 is 28.4 Å². The molecule has 4 aromatic rings. The first-order chi connectivity index (χ1) is 17.3. The Balaban J connectivity index is 1.66. The largest absolute Gasteiger partial charge is 0.417 e. The molecule has 7 nitrogen and oxygen atoms in total. The average molecular weight is 510 g/mol. The molecular formula is C27H26F3N5O2. The van der Waals surface area contributed by atoms with Crippen molar-refractivity contribution in [3.05, 3.63) is 83.3 Å². The lowest BCUT2D eigenvalue weighted by molar-refractivity contribution is -0.138. The third kappa shape index (κ3) is 5.63. The van der Waals surface area contributed by atoms with Crippen molar-refractivity contribution in [3.63, 3.8) is 0 Å². The summed E-state index contributed by atoms with van der Waals surface area (Å²) in [6.45, 7) is 7.03. The molecule has 10 heteroatoms. The molecule has 0 spiro atoms. The summed E-state index contributed by atoms with van der Waals surface area (Å²) in [5.74, 6) is -1.18. The lowest BCUT2D eigenvalue weighted by atomic mass is 9.95. The molecule has 0 fully saturated rings. The highest BCUT2D eigenvalue weighted by Crippen LogP contribution is 2.34. The molecule has 0 bridgehead atoms. The molecule has 2 aromatic heterocycles. The number of alkyl halides is 3. The molecular weight excluding hydrogens is 483 g/mol. The zero-order chi connectivity index (χ0) is 27.0. The Hall–Kier alpha value is -4.21. The van der Waals surface area contributed by atoms with Crippen LogP contribution in [0.15, 0.2) is 60.9 Å². The van der Waals surface area contributed by atoms with Gasteiger partial charge in [0.25, 0.3) is 5.91 Å². The number of rotatable bonds is 5. The van der Waals surface area contributed by atoms with Gasteiger partial charge in [-0.3, -0.25) is 14.6 Å². The number of pyridine rings is 1. The average Bonchev–Trinajstić information content (AvgIpc) is 3.27. The fraction of sp³-hybridized carbons (Fsp3) is 0.259. The zero-order valence-corrected chi connectivity index (χ0v) is 20.8. The molecule has 192 valence electrons. The van der Waals surface area contributed by atoms with E-state index >= 15 is 0 Å². The molecule has 0 aliphatic rings. The van der Waals surface area contributed by atoms with Gasteiger partial charge >= 0.3 is 6.18 Å². The number of hydrogen-bond acceptors (Lipinski definition) is 4. The van der Waals surface area contributed by atoms with Crippen LogP contribution >= 0.6 is 0 Å². The zero-order valence-electron chi connectivity index (χ0n) is 20.8. The van der Waals surface area contributed by atoms with Gasteiger partial charge in [-0.25, -0.2) is 4.68 Å². The first-order valence-electron chi connectivity index (χ1n) is 11.5. The third-order valence-corrected chi connectivity index (χ3v) is 5.77. The van der Waals surface area contributed by atoms with E-state index in [9.17, 15) is 22.8 Å². The van der Waals surface area contributed by atoms with Gasteiger partial charge in [0, 0.05) is 23.0 Å². The van der Waals surface area contributed by atoms with Crippen molar-refractivity contribution < 1.29 is 22.8 Å². The topological polar surface area (TPSA) is 88.9 Å². The van der Waals surface area contributed by atoms with Gasteiger partial charge < -0.3 is 10.6 Å². The van der Waals surface area contributed by atoms with E-state index in [2.05, 4.69) is 20.7 Å². The minimum Gasteiger partial charge on any atom is -0.352 e. The number of carbonyl (C=O) groups excluding carboxylic acids is 2. The Labute approximate surface area is 211 Å².